The summed E-state index contributed by atoms with van der Waals surface area (Å²) in [4.78, 5) is 21.0. The fraction of sp³-hybridized carbons (Fsp3) is 0.273. The van der Waals surface area contributed by atoms with Gasteiger partial charge in [-0.3, -0.25) is 9.59 Å². The summed E-state index contributed by atoms with van der Waals surface area (Å²) < 4.78 is 18.4. The number of rotatable bonds is 5. The number of hydrogen-bond acceptors (Lipinski definition) is 3. The molecule has 2 N–H and O–H groups in total. The van der Waals surface area contributed by atoms with Crippen molar-refractivity contribution in [3.63, 3.8) is 0 Å². The minimum absolute atomic E-state index is 0.0384. The van der Waals surface area contributed by atoms with E-state index in [2.05, 4.69) is 0 Å². The summed E-state index contributed by atoms with van der Waals surface area (Å²) in [5, 5.41) is 17.2. The summed E-state index contributed by atoms with van der Waals surface area (Å²) in [6, 6.07) is 2.20. The number of aliphatic carboxylic acids is 2. The van der Waals surface area contributed by atoms with Crippen molar-refractivity contribution in [1.82, 2.24) is 0 Å². The molecule has 0 unspecified atom stereocenters. The number of halogens is 1. The van der Waals surface area contributed by atoms with Crippen LogP contribution in [0, 0.1) is 5.82 Å². The Morgan fingerprint density at radius 1 is 1.18 bits per heavy atom. The molecule has 1 aromatic rings. The van der Waals surface area contributed by atoms with Crippen molar-refractivity contribution < 1.29 is 28.9 Å². The summed E-state index contributed by atoms with van der Waals surface area (Å²) >= 11 is 0. The van der Waals surface area contributed by atoms with E-state index in [-0.39, 0.29) is 23.3 Å². The van der Waals surface area contributed by atoms with Crippen LogP contribution >= 0.6 is 0 Å². The zero-order valence-corrected chi connectivity index (χ0v) is 9.07. The average Bonchev–Trinajstić information content (AvgIpc) is 2.20. The van der Waals surface area contributed by atoms with Crippen LogP contribution in [0.15, 0.2) is 12.1 Å². The highest BCUT2D eigenvalue weighted by molar-refractivity contribution is 5.73. The fourth-order valence-corrected chi connectivity index (χ4v) is 1.43. The lowest BCUT2D eigenvalue weighted by atomic mass is 10.0. The van der Waals surface area contributed by atoms with Gasteiger partial charge in [0.1, 0.15) is 11.6 Å². The van der Waals surface area contributed by atoms with Gasteiger partial charge in [-0.15, -0.1) is 0 Å². The number of benzene rings is 1. The molecule has 0 bridgehead atoms. The number of methoxy groups -OCH3 is 1. The maximum Gasteiger partial charge on any atom is 0.307 e. The first-order chi connectivity index (χ1) is 7.93. The minimum Gasteiger partial charge on any atom is -0.496 e. The van der Waals surface area contributed by atoms with Gasteiger partial charge in [-0.05, 0) is 12.1 Å². The van der Waals surface area contributed by atoms with Crippen molar-refractivity contribution >= 4 is 11.9 Å². The van der Waals surface area contributed by atoms with Crippen molar-refractivity contribution in [2.24, 2.45) is 0 Å². The van der Waals surface area contributed by atoms with E-state index < -0.39 is 24.2 Å². The van der Waals surface area contributed by atoms with E-state index in [0.29, 0.717) is 0 Å². The number of ether oxygens (including phenoxy) is 1. The molecule has 0 amide bonds. The van der Waals surface area contributed by atoms with Crippen molar-refractivity contribution in [3.8, 4) is 5.75 Å². The molecule has 0 aromatic heterocycles. The standard InChI is InChI=1S/C11H11FO5/c1-17-9-3-6(4-10(13)14)8(12)2-7(9)5-11(15)16/h2-3H,4-5H2,1H3,(H,13,14)(H,15,16). The van der Waals surface area contributed by atoms with Gasteiger partial charge in [0.05, 0.1) is 20.0 Å². The van der Waals surface area contributed by atoms with Gasteiger partial charge in [0.15, 0.2) is 0 Å². The van der Waals surface area contributed by atoms with Crippen LogP contribution in [0.5, 0.6) is 5.75 Å². The Balaban J connectivity index is 3.14. The predicted molar refractivity (Wildman–Crippen MR) is 55.6 cm³/mol. The minimum atomic E-state index is -1.17. The Morgan fingerprint density at radius 3 is 2.18 bits per heavy atom. The first-order valence-corrected chi connectivity index (χ1v) is 4.73. The molecule has 0 aliphatic carbocycles. The molecule has 17 heavy (non-hydrogen) atoms. The van der Waals surface area contributed by atoms with Crippen LogP contribution in [0.25, 0.3) is 0 Å². The fourth-order valence-electron chi connectivity index (χ4n) is 1.43. The number of carboxylic acids is 2. The van der Waals surface area contributed by atoms with Crippen LogP contribution in [0.2, 0.25) is 0 Å². The lowest BCUT2D eigenvalue weighted by Gasteiger charge is -2.09. The van der Waals surface area contributed by atoms with Gasteiger partial charge in [-0.1, -0.05) is 0 Å². The Hall–Kier alpha value is -2.11. The van der Waals surface area contributed by atoms with Gasteiger partial charge >= 0.3 is 11.9 Å². The van der Waals surface area contributed by atoms with E-state index in [1.807, 2.05) is 0 Å². The molecule has 1 rings (SSSR count). The molecule has 0 aliphatic rings. The Labute approximate surface area is 96.4 Å². The molecule has 5 nitrogen and oxygen atoms in total. The van der Waals surface area contributed by atoms with Crippen molar-refractivity contribution in [2.45, 2.75) is 12.8 Å². The second kappa shape index (κ2) is 5.29. The second-order valence-electron chi connectivity index (χ2n) is 3.40. The Kier molecular flexibility index (Phi) is 4.03. The van der Waals surface area contributed by atoms with Gasteiger partial charge in [0, 0.05) is 11.1 Å². The van der Waals surface area contributed by atoms with Crippen molar-refractivity contribution in [2.75, 3.05) is 7.11 Å². The second-order valence-corrected chi connectivity index (χ2v) is 3.40. The van der Waals surface area contributed by atoms with Gasteiger partial charge in [0.25, 0.3) is 0 Å². The predicted octanol–water partition coefficient (Wildman–Crippen LogP) is 1.09. The van der Waals surface area contributed by atoms with Gasteiger partial charge < -0.3 is 14.9 Å². The third kappa shape index (κ3) is 3.44. The molecule has 0 saturated heterocycles. The van der Waals surface area contributed by atoms with Crippen LogP contribution in [0.4, 0.5) is 4.39 Å². The number of carbonyl (C=O) groups is 2. The maximum atomic E-state index is 13.5. The summed E-state index contributed by atoms with van der Waals surface area (Å²) in [7, 11) is 1.31. The van der Waals surface area contributed by atoms with E-state index in [0.717, 1.165) is 6.07 Å². The number of carboxylic acid groups (broad SMARTS) is 2. The van der Waals surface area contributed by atoms with Crippen molar-refractivity contribution in [3.05, 3.63) is 29.1 Å². The van der Waals surface area contributed by atoms with Crippen LogP contribution in [-0.4, -0.2) is 29.3 Å². The number of hydrogen-bond donors (Lipinski definition) is 2. The molecule has 6 heteroatoms. The molecular weight excluding hydrogens is 231 g/mol. The summed E-state index contributed by atoms with van der Waals surface area (Å²) in [6.45, 7) is 0. The molecule has 0 aliphatic heterocycles. The quantitative estimate of drug-likeness (QED) is 0.807. The topological polar surface area (TPSA) is 83.8 Å². The summed E-state index contributed by atoms with van der Waals surface area (Å²) in [5.74, 6) is -2.86. The molecule has 0 radical (unpaired) electrons. The van der Waals surface area contributed by atoms with E-state index in [9.17, 15) is 14.0 Å². The highest BCUT2D eigenvalue weighted by Gasteiger charge is 2.14. The zero-order valence-electron chi connectivity index (χ0n) is 9.07. The average molecular weight is 242 g/mol. The molecule has 0 saturated carbocycles. The molecule has 0 heterocycles. The van der Waals surface area contributed by atoms with Gasteiger partial charge in [0.2, 0.25) is 0 Å². The van der Waals surface area contributed by atoms with Crippen LogP contribution in [0.3, 0.4) is 0 Å². The highest BCUT2D eigenvalue weighted by Crippen LogP contribution is 2.24. The molecule has 1 aromatic carbocycles. The third-order valence-corrected chi connectivity index (χ3v) is 2.13. The Morgan fingerprint density at radius 2 is 1.71 bits per heavy atom. The maximum absolute atomic E-state index is 13.5. The molecule has 92 valence electrons. The van der Waals surface area contributed by atoms with Crippen LogP contribution in [-0.2, 0) is 22.4 Å². The van der Waals surface area contributed by atoms with E-state index in [1.54, 1.807) is 0 Å². The first-order valence-electron chi connectivity index (χ1n) is 4.73. The van der Waals surface area contributed by atoms with Gasteiger partial charge in [-0.2, -0.15) is 0 Å². The normalized spacial score (nSPS) is 10.0. The summed E-state index contributed by atoms with van der Waals surface area (Å²) in [5.41, 5.74) is 0.134. The van der Waals surface area contributed by atoms with E-state index in [4.69, 9.17) is 14.9 Å². The zero-order chi connectivity index (χ0) is 13.0. The smallest absolute Gasteiger partial charge is 0.307 e. The summed E-state index contributed by atoms with van der Waals surface area (Å²) in [6.07, 6.45) is -0.858. The lowest BCUT2D eigenvalue weighted by molar-refractivity contribution is -0.137. The molecular formula is C11H11FO5. The van der Waals surface area contributed by atoms with Gasteiger partial charge in [-0.25, -0.2) is 4.39 Å². The molecule has 0 atom stereocenters. The van der Waals surface area contributed by atoms with Crippen molar-refractivity contribution in [1.29, 1.82) is 0 Å². The SMILES string of the molecule is COc1cc(CC(=O)O)c(F)cc1CC(=O)O. The monoisotopic (exact) mass is 242 g/mol. The first kappa shape index (κ1) is 13.0. The van der Waals surface area contributed by atoms with Crippen LogP contribution < -0.4 is 4.74 Å². The molecule has 0 fully saturated rings. The van der Waals surface area contributed by atoms with E-state index >= 15 is 0 Å². The third-order valence-electron chi connectivity index (χ3n) is 2.13. The van der Waals surface area contributed by atoms with E-state index in [1.165, 1.54) is 13.2 Å². The molecule has 0 spiro atoms. The lowest BCUT2D eigenvalue weighted by Crippen LogP contribution is -2.07. The Bertz CT molecular complexity index is 455. The largest absolute Gasteiger partial charge is 0.496 e. The highest BCUT2D eigenvalue weighted by atomic mass is 19.1. The van der Waals surface area contributed by atoms with Crippen LogP contribution in [0.1, 0.15) is 11.1 Å².